The van der Waals surface area contributed by atoms with Crippen LogP contribution in [0.2, 0.25) is 5.02 Å². The Bertz CT molecular complexity index is 575. The van der Waals surface area contributed by atoms with Crippen molar-refractivity contribution in [1.29, 1.82) is 0 Å². The SMILES string of the molecule is OC(Cc1ccn(C2CCCC2)n1)c1ccccc1Cl. The monoisotopic (exact) mass is 290 g/mol. The predicted molar refractivity (Wildman–Crippen MR) is 79.8 cm³/mol. The minimum Gasteiger partial charge on any atom is -0.388 e. The predicted octanol–water partition coefficient (Wildman–Crippen LogP) is 3.93. The van der Waals surface area contributed by atoms with Gasteiger partial charge in [0.25, 0.3) is 0 Å². The van der Waals surface area contributed by atoms with E-state index in [2.05, 4.69) is 9.78 Å². The van der Waals surface area contributed by atoms with Gasteiger partial charge in [-0.3, -0.25) is 4.68 Å². The molecule has 1 aromatic carbocycles. The number of aliphatic hydroxyl groups excluding tert-OH is 1. The summed E-state index contributed by atoms with van der Waals surface area (Å²) in [7, 11) is 0. The van der Waals surface area contributed by atoms with Gasteiger partial charge in [-0.2, -0.15) is 5.10 Å². The molecular weight excluding hydrogens is 272 g/mol. The van der Waals surface area contributed by atoms with Crippen molar-refractivity contribution in [3.63, 3.8) is 0 Å². The number of aromatic nitrogens is 2. The van der Waals surface area contributed by atoms with E-state index in [9.17, 15) is 5.11 Å². The van der Waals surface area contributed by atoms with E-state index in [0.717, 1.165) is 11.3 Å². The summed E-state index contributed by atoms with van der Waals surface area (Å²) < 4.78 is 2.06. The third-order valence-corrected chi connectivity index (χ3v) is 4.37. The van der Waals surface area contributed by atoms with E-state index in [1.807, 2.05) is 30.5 Å². The second-order valence-corrected chi connectivity index (χ2v) is 5.87. The lowest BCUT2D eigenvalue weighted by Gasteiger charge is -2.12. The Hall–Kier alpha value is -1.32. The number of halogens is 1. The molecular formula is C16H19ClN2O. The highest BCUT2D eigenvalue weighted by Crippen LogP contribution is 2.29. The van der Waals surface area contributed by atoms with Gasteiger partial charge < -0.3 is 5.11 Å². The van der Waals surface area contributed by atoms with Crippen molar-refractivity contribution in [3.05, 3.63) is 52.8 Å². The van der Waals surface area contributed by atoms with Crippen molar-refractivity contribution >= 4 is 11.6 Å². The maximum atomic E-state index is 10.3. The molecule has 1 unspecified atom stereocenters. The average Bonchev–Trinajstić information content (AvgIpc) is 3.09. The Labute approximate surface area is 124 Å². The van der Waals surface area contributed by atoms with Crippen LogP contribution < -0.4 is 0 Å². The van der Waals surface area contributed by atoms with Crippen LogP contribution in [-0.2, 0) is 6.42 Å². The molecule has 106 valence electrons. The first-order chi connectivity index (χ1) is 9.74. The van der Waals surface area contributed by atoms with Gasteiger partial charge in [0, 0.05) is 17.6 Å². The Kier molecular flexibility index (Phi) is 4.08. The highest BCUT2D eigenvalue weighted by molar-refractivity contribution is 6.31. The van der Waals surface area contributed by atoms with Crippen LogP contribution in [0.5, 0.6) is 0 Å². The van der Waals surface area contributed by atoms with E-state index >= 15 is 0 Å². The molecule has 0 radical (unpaired) electrons. The van der Waals surface area contributed by atoms with Gasteiger partial charge in [-0.15, -0.1) is 0 Å². The zero-order chi connectivity index (χ0) is 13.9. The zero-order valence-corrected chi connectivity index (χ0v) is 12.1. The molecule has 1 atom stereocenters. The van der Waals surface area contributed by atoms with Crippen LogP contribution in [0.1, 0.15) is 49.1 Å². The van der Waals surface area contributed by atoms with Gasteiger partial charge in [0.2, 0.25) is 0 Å². The summed E-state index contributed by atoms with van der Waals surface area (Å²) in [6, 6.07) is 9.96. The molecule has 0 amide bonds. The summed E-state index contributed by atoms with van der Waals surface area (Å²) in [4.78, 5) is 0. The molecule has 2 aromatic rings. The molecule has 0 saturated heterocycles. The summed E-state index contributed by atoms with van der Waals surface area (Å²) in [5.41, 5.74) is 1.69. The van der Waals surface area contributed by atoms with Crippen LogP contribution in [0.4, 0.5) is 0 Å². The number of hydrogen-bond donors (Lipinski definition) is 1. The zero-order valence-electron chi connectivity index (χ0n) is 11.4. The van der Waals surface area contributed by atoms with Crippen molar-refractivity contribution in [2.75, 3.05) is 0 Å². The molecule has 20 heavy (non-hydrogen) atoms. The topological polar surface area (TPSA) is 38.0 Å². The molecule has 0 bridgehead atoms. The molecule has 0 spiro atoms. The molecule has 1 saturated carbocycles. The molecule has 0 aliphatic heterocycles. The quantitative estimate of drug-likeness (QED) is 0.926. The second kappa shape index (κ2) is 5.98. The maximum Gasteiger partial charge on any atom is 0.0860 e. The number of aliphatic hydroxyl groups is 1. The lowest BCUT2D eigenvalue weighted by molar-refractivity contribution is 0.177. The van der Waals surface area contributed by atoms with Crippen molar-refractivity contribution in [2.24, 2.45) is 0 Å². The normalized spacial score (nSPS) is 17.5. The summed E-state index contributed by atoms with van der Waals surface area (Å²) in [6.45, 7) is 0. The van der Waals surface area contributed by atoms with Crippen LogP contribution in [-0.4, -0.2) is 14.9 Å². The Balaban J connectivity index is 1.70. The number of benzene rings is 1. The molecule has 3 rings (SSSR count). The summed E-state index contributed by atoms with van der Waals surface area (Å²) in [6.07, 6.45) is 6.95. The van der Waals surface area contributed by atoms with Gasteiger partial charge in [0.05, 0.1) is 17.8 Å². The van der Waals surface area contributed by atoms with Crippen molar-refractivity contribution in [2.45, 2.75) is 44.2 Å². The molecule has 1 aliphatic rings. The highest BCUT2D eigenvalue weighted by atomic mass is 35.5. The minimum atomic E-state index is -0.601. The molecule has 1 aromatic heterocycles. The number of hydrogen-bond acceptors (Lipinski definition) is 2. The van der Waals surface area contributed by atoms with Crippen LogP contribution in [0.3, 0.4) is 0 Å². The third kappa shape index (κ3) is 2.89. The van der Waals surface area contributed by atoms with E-state index in [1.54, 1.807) is 6.07 Å². The molecule has 1 aliphatic carbocycles. The summed E-state index contributed by atoms with van der Waals surface area (Å²) in [5.74, 6) is 0. The van der Waals surface area contributed by atoms with E-state index in [-0.39, 0.29) is 0 Å². The lowest BCUT2D eigenvalue weighted by atomic mass is 10.1. The minimum absolute atomic E-state index is 0.503. The van der Waals surface area contributed by atoms with Crippen molar-refractivity contribution < 1.29 is 5.11 Å². The first-order valence-corrected chi connectivity index (χ1v) is 7.58. The van der Waals surface area contributed by atoms with Gasteiger partial charge in [0.15, 0.2) is 0 Å². The Morgan fingerprint density at radius 3 is 2.75 bits per heavy atom. The summed E-state index contributed by atoms with van der Waals surface area (Å²) >= 11 is 6.11. The number of rotatable bonds is 4. The van der Waals surface area contributed by atoms with Crippen molar-refractivity contribution in [3.8, 4) is 0 Å². The molecule has 1 fully saturated rings. The van der Waals surface area contributed by atoms with E-state index < -0.39 is 6.10 Å². The van der Waals surface area contributed by atoms with Gasteiger partial charge in [0.1, 0.15) is 0 Å². The van der Waals surface area contributed by atoms with Gasteiger partial charge in [-0.25, -0.2) is 0 Å². The largest absolute Gasteiger partial charge is 0.388 e. The van der Waals surface area contributed by atoms with Crippen molar-refractivity contribution in [1.82, 2.24) is 9.78 Å². The van der Waals surface area contributed by atoms with Crippen LogP contribution in [0.15, 0.2) is 36.5 Å². The first-order valence-electron chi connectivity index (χ1n) is 7.20. The number of nitrogens with zero attached hydrogens (tertiary/aromatic N) is 2. The summed E-state index contributed by atoms with van der Waals surface area (Å²) in [5, 5.41) is 15.5. The molecule has 1 N–H and O–H groups in total. The fraction of sp³-hybridized carbons (Fsp3) is 0.438. The fourth-order valence-electron chi connectivity index (χ4n) is 2.91. The molecule has 3 nitrogen and oxygen atoms in total. The second-order valence-electron chi connectivity index (χ2n) is 5.47. The van der Waals surface area contributed by atoms with E-state index in [1.165, 1.54) is 25.7 Å². The van der Waals surface area contributed by atoms with Gasteiger partial charge >= 0.3 is 0 Å². The maximum absolute atomic E-state index is 10.3. The first kappa shape index (κ1) is 13.7. The average molecular weight is 291 g/mol. The van der Waals surface area contributed by atoms with Crippen LogP contribution in [0, 0.1) is 0 Å². The Morgan fingerprint density at radius 2 is 2.00 bits per heavy atom. The Morgan fingerprint density at radius 1 is 1.25 bits per heavy atom. The standard InChI is InChI=1S/C16H19ClN2O/c17-15-8-4-3-7-14(15)16(20)11-12-9-10-19(18-12)13-5-1-2-6-13/h3-4,7-10,13,16,20H,1-2,5-6,11H2. The lowest BCUT2D eigenvalue weighted by Crippen LogP contribution is -2.07. The van der Waals surface area contributed by atoms with E-state index in [4.69, 9.17) is 11.6 Å². The molecule has 1 heterocycles. The third-order valence-electron chi connectivity index (χ3n) is 4.03. The van der Waals surface area contributed by atoms with Crippen LogP contribution in [0.25, 0.3) is 0 Å². The van der Waals surface area contributed by atoms with Gasteiger partial charge in [-0.1, -0.05) is 42.6 Å². The smallest absolute Gasteiger partial charge is 0.0860 e. The molecule has 4 heteroatoms. The van der Waals surface area contributed by atoms with E-state index in [0.29, 0.717) is 17.5 Å². The highest BCUT2D eigenvalue weighted by Gasteiger charge is 2.19. The fourth-order valence-corrected chi connectivity index (χ4v) is 3.17. The van der Waals surface area contributed by atoms with Crippen LogP contribution >= 0.6 is 11.6 Å². The van der Waals surface area contributed by atoms with Gasteiger partial charge in [-0.05, 0) is 30.5 Å².